The molecular weight excluding hydrogens is 264 g/mol. The Labute approximate surface area is 128 Å². The van der Waals surface area contributed by atoms with Crippen molar-refractivity contribution in [1.82, 2.24) is 4.90 Å². The molecule has 1 fully saturated rings. The van der Waals surface area contributed by atoms with E-state index in [1.807, 2.05) is 18.2 Å². The van der Waals surface area contributed by atoms with Gasteiger partial charge in [-0.2, -0.15) is 0 Å². The van der Waals surface area contributed by atoms with Crippen LogP contribution in [0, 0.1) is 5.92 Å². The molecule has 0 bridgehead atoms. The summed E-state index contributed by atoms with van der Waals surface area (Å²) in [7, 11) is 1.63. The first kappa shape index (κ1) is 16.1. The third-order valence-corrected chi connectivity index (χ3v) is 4.03. The first-order valence-electron chi connectivity index (χ1n) is 7.89. The molecule has 0 spiro atoms. The first-order chi connectivity index (χ1) is 10.1. The lowest BCUT2D eigenvalue weighted by Crippen LogP contribution is -2.40. The van der Waals surface area contributed by atoms with Gasteiger partial charge in [0.05, 0.1) is 13.7 Å². The summed E-state index contributed by atoms with van der Waals surface area (Å²) in [5, 5.41) is 13.0. The molecule has 0 saturated carbocycles. The topological polar surface area (TPSA) is 44.7 Å². The molecule has 0 aromatic heterocycles. The van der Waals surface area contributed by atoms with Crippen molar-refractivity contribution in [3.63, 3.8) is 0 Å². The van der Waals surface area contributed by atoms with Gasteiger partial charge < -0.3 is 20.1 Å². The third-order valence-electron chi connectivity index (χ3n) is 4.03. The standard InChI is InChI=1S/C17H28N2O2/c1-13(2)11-19-8-6-15(7-9-19)18-16-4-5-17(21-3)14(10-16)12-20/h4-5,10,13,15,18,20H,6-9,11-12H2,1-3H3. The number of likely N-dealkylation sites (tertiary alicyclic amines) is 1. The number of hydrogen-bond donors (Lipinski definition) is 2. The van der Waals surface area contributed by atoms with Crippen LogP contribution in [0.3, 0.4) is 0 Å². The highest BCUT2D eigenvalue weighted by molar-refractivity contribution is 5.51. The van der Waals surface area contributed by atoms with Gasteiger partial charge in [0.2, 0.25) is 0 Å². The van der Waals surface area contributed by atoms with Gasteiger partial charge in [-0.3, -0.25) is 0 Å². The maximum Gasteiger partial charge on any atom is 0.124 e. The Morgan fingerprint density at radius 1 is 1.33 bits per heavy atom. The van der Waals surface area contributed by atoms with Gasteiger partial charge in [-0.15, -0.1) is 0 Å². The number of benzene rings is 1. The van der Waals surface area contributed by atoms with Gasteiger partial charge in [-0.1, -0.05) is 13.8 Å². The monoisotopic (exact) mass is 292 g/mol. The average Bonchev–Trinajstić information content (AvgIpc) is 2.48. The predicted molar refractivity (Wildman–Crippen MR) is 86.8 cm³/mol. The lowest BCUT2D eigenvalue weighted by molar-refractivity contribution is 0.198. The first-order valence-corrected chi connectivity index (χ1v) is 7.89. The van der Waals surface area contributed by atoms with Crippen molar-refractivity contribution in [2.75, 3.05) is 32.1 Å². The smallest absolute Gasteiger partial charge is 0.124 e. The minimum atomic E-state index is 0.00548. The molecule has 0 radical (unpaired) electrons. The van der Waals surface area contributed by atoms with E-state index in [9.17, 15) is 5.11 Å². The van der Waals surface area contributed by atoms with Crippen LogP contribution in [-0.4, -0.2) is 42.8 Å². The van der Waals surface area contributed by atoms with Crippen molar-refractivity contribution in [2.24, 2.45) is 5.92 Å². The van der Waals surface area contributed by atoms with Gasteiger partial charge in [-0.25, -0.2) is 0 Å². The highest BCUT2D eigenvalue weighted by atomic mass is 16.5. The lowest BCUT2D eigenvalue weighted by atomic mass is 10.0. The zero-order valence-corrected chi connectivity index (χ0v) is 13.4. The van der Waals surface area contributed by atoms with Crippen molar-refractivity contribution in [1.29, 1.82) is 0 Å². The van der Waals surface area contributed by atoms with Crippen molar-refractivity contribution >= 4 is 5.69 Å². The molecule has 2 rings (SSSR count). The Morgan fingerprint density at radius 3 is 2.62 bits per heavy atom. The number of aliphatic hydroxyl groups is 1. The van der Waals surface area contributed by atoms with E-state index in [2.05, 4.69) is 24.1 Å². The maximum absolute atomic E-state index is 9.38. The van der Waals surface area contributed by atoms with Crippen molar-refractivity contribution < 1.29 is 9.84 Å². The number of aliphatic hydroxyl groups excluding tert-OH is 1. The van der Waals surface area contributed by atoms with Crippen LogP contribution in [0.1, 0.15) is 32.3 Å². The highest BCUT2D eigenvalue weighted by Crippen LogP contribution is 2.24. The molecule has 1 heterocycles. The molecule has 21 heavy (non-hydrogen) atoms. The third kappa shape index (κ3) is 4.61. The van der Waals surface area contributed by atoms with Crippen LogP contribution < -0.4 is 10.1 Å². The van der Waals surface area contributed by atoms with Crippen LogP contribution in [0.25, 0.3) is 0 Å². The lowest BCUT2D eigenvalue weighted by Gasteiger charge is -2.33. The van der Waals surface area contributed by atoms with E-state index in [0.717, 1.165) is 22.9 Å². The summed E-state index contributed by atoms with van der Waals surface area (Å²) >= 11 is 0. The molecule has 1 aliphatic heterocycles. The minimum absolute atomic E-state index is 0.00548. The van der Waals surface area contributed by atoms with Gasteiger partial charge in [0.25, 0.3) is 0 Å². The van der Waals surface area contributed by atoms with Crippen LogP contribution in [0.4, 0.5) is 5.69 Å². The summed E-state index contributed by atoms with van der Waals surface area (Å²) in [5.74, 6) is 1.48. The molecule has 0 atom stereocenters. The number of rotatable bonds is 6. The summed E-state index contributed by atoms with van der Waals surface area (Å²) in [6.07, 6.45) is 2.35. The van der Waals surface area contributed by atoms with E-state index in [-0.39, 0.29) is 6.61 Å². The highest BCUT2D eigenvalue weighted by Gasteiger charge is 2.19. The van der Waals surface area contributed by atoms with E-state index in [4.69, 9.17) is 4.74 Å². The molecule has 118 valence electrons. The summed E-state index contributed by atoms with van der Waals surface area (Å²) in [4.78, 5) is 2.55. The van der Waals surface area contributed by atoms with Gasteiger partial charge in [0, 0.05) is 36.9 Å². The number of methoxy groups -OCH3 is 1. The number of nitrogens with one attached hydrogen (secondary N) is 1. The van der Waals surface area contributed by atoms with Crippen molar-refractivity contribution in [3.8, 4) is 5.75 Å². The molecule has 4 heteroatoms. The van der Waals surface area contributed by atoms with Crippen LogP contribution in [0.15, 0.2) is 18.2 Å². The predicted octanol–water partition coefficient (Wildman–Crippen LogP) is 2.72. The fourth-order valence-electron chi connectivity index (χ4n) is 3.00. The number of anilines is 1. The summed E-state index contributed by atoms with van der Waals surface area (Å²) in [6, 6.07) is 6.45. The zero-order valence-electron chi connectivity index (χ0n) is 13.4. The van der Waals surface area contributed by atoms with Gasteiger partial charge in [0.1, 0.15) is 5.75 Å². The van der Waals surface area contributed by atoms with E-state index in [1.54, 1.807) is 7.11 Å². The van der Waals surface area contributed by atoms with E-state index >= 15 is 0 Å². The fourth-order valence-corrected chi connectivity index (χ4v) is 3.00. The van der Waals surface area contributed by atoms with Crippen LogP contribution >= 0.6 is 0 Å². The number of nitrogens with zero attached hydrogens (tertiary/aromatic N) is 1. The largest absolute Gasteiger partial charge is 0.496 e. The molecule has 1 aromatic carbocycles. The Kier molecular flexibility index (Phi) is 5.88. The summed E-state index contributed by atoms with van der Waals surface area (Å²) in [5.41, 5.74) is 1.90. The Bertz CT molecular complexity index is 440. The average molecular weight is 292 g/mol. The Hall–Kier alpha value is -1.26. The van der Waals surface area contributed by atoms with Crippen LogP contribution in [0.5, 0.6) is 5.75 Å². The van der Waals surface area contributed by atoms with E-state index in [1.165, 1.54) is 32.5 Å². The minimum Gasteiger partial charge on any atom is -0.496 e. The second kappa shape index (κ2) is 7.66. The molecule has 1 aliphatic rings. The molecule has 1 saturated heterocycles. The maximum atomic E-state index is 9.38. The van der Waals surface area contributed by atoms with Gasteiger partial charge in [0.15, 0.2) is 0 Å². The molecule has 0 amide bonds. The molecule has 0 aliphatic carbocycles. The van der Waals surface area contributed by atoms with Crippen LogP contribution in [0.2, 0.25) is 0 Å². The number of ether oxygens (including phenoxy) is 1. The van der Waals surface area contributed by atoms with Crippen LogP contribution in [-0.2, 0) is 6.61 Å². The van der Waals surface area contributed by atoms with Gasteiger partial charge in [-0.05, 0) is 37.0 Å². The quantitative estimate of drug-likeness (QED) is 0.846. The number of piperidine rings is 1. The fraction of sp³-hybridized carbons (Fsp3) is 0.647. The Balaban J connectivity index is 1.88. The van der Waals surface area contributed by atoms with Gasteiger partial charge >= 0.3 is 0 Å². The van der Waals surface area contributed by atoms with E-state index in [0.29, 0.717) is 6.04 Å². The summed E-state index contributed by atoms with van der Waals surface area (Å²) in [6.45, 7) is 8.09. The van der Waals surface area contributed by atoms with Crippen molar-refractivity contribution in [2.45, 2.75) is 39.3 Å². The van der Waals surface area contributed by atoms with Crippen molar-refractivity contribution in [3.05, 3.63) is 23.8 Å². The SMILES string of the molecule is COc1ccc(NC2CCN(CC(C)C)CC2)cc1CO. The number of hydrogen-bond acceptors (Lipinski definition) is 4. The zero-order chi connectivity index (χ0) is 15.2. The van der Waals surface area contributed by atoms with E-state index < -0.39 is 0 Å². The second-order valence-electron chi connectivity index (χ2n) is 6.30. The summed E-state index contributed by atoms with van der Waals surface area (Å²) < 4.78 is 5.24. The molecule has 1 aromatic rings. The second-order valence-corrected chi connectivity index (χ2v) is 6.30. The molecular formula is C17H28N2O2. The Morgan fingerprint density at radius 2 is 2.05 bits per heavy atom. The molecule has 0 unspecified atom stereocenters. The normalized spacial score (nSPS) is 17.2. The molecule has 4 nitrogen and oxygen atoms in total. The molecule has 2 N–H and O–H groups in total.